The highest BCUT2D eigenvalue weighted by molar-refractivity contribution is 7.93. The summed E-state index contributed by atoms with van der Waals surface area (Å²) in [7, 11) is -9.06. The van der Waals surface area contributed by atoms with Gasteiger partial charge in [-0.2, -0.15) is 20.4 Å². The van der Waals surface area contributed by atoms with Crippen molar-refractivity contribution >= 4 is 96.8 Å². The first kappa shape index (κ1) is 92.8. The lowest BCUT2D eigenvalue weighted by atomic mass is 9.82. The third-order valence-electron chi connectivity index (χ3n) is 22.7. The first-order valence-electron chi connectivity index (χ1n) is 42.9. The Morgan fingerprint density at radius 3 is 1.23 bits per heavy atom. The molecule has 1 aromatic carbocycles. The summed E-state index contributed by atoms with van der Waals surface area (Å²) >= 11 is 0. The zero-order valence-electron chi connectivity index (χ0n) is 73.9. The zero-order valence-corrected chi connectivity index (χ0v) is 76.4. The Morgan fingerprint density at radius 2 is 0.812 bits per heavy atom. The van der Waals surface area contributed by atoms with Gasteiger partial charge in [0.05, 0.1) is 80.7 Å². The van der Waals surface area contributed by atoms with E-state index >= 15 is 0 Å². The van der Waals surface area contributed by atoms with Crippen LogP contribution in [0.2, 0.25) is 0 Å². The fraction of sp³-hybridized carbons (Fsp3) is 0.467. The van der Waals surface area contributed by atoms with Crippen molar-refractivity contribution in [1.29, 1.82) is 0 Å². The number of benzene rings is 1. The van der Waals surface area contributed by atoms with E-state index in [2.05, 4.69) is 45.1 Å². The number of fused-ring (bicyclic) bond motifs is 4. The molecule has 2 aliphatic carbocycles. The van der Waals surface area contributed by atoms with Crippen molar-refractivity contribution in [1.82, 2.24) is 74.0 Å². The second kappa shape index (κ2) is 37.0. The summed E-state index contributed by atoms with van der Waals surface area (Å²) in [6, 6.07) is 23.3. The summed E-state index contributed by atoms with van der Waals surface area (Å²) in [4.78, 5) is 82.4. The average molecular weight is 1820 g/mol. The Balaban J connectivity index is 0.000000138. The van der Waals surface area contributed by atoms with E-state index in [4.69, 9.17) is 29.1 Å². The van der Waals surface area contributed by atoms with Gasteiger partial charge < -0.3 is 24.1 Å². The molecule has 1 N–H and O–H groups in total. The number of nitrogens with zero attached hydrogens (tertiary/aromatic N) is 15. The molecule has 3 aliphatic heterocycles. The number of pyridine rings is 7. The lowest BCUT2D eigenvalue weighted by Crippen LogP contribution is -2.47. The summed E-state index contributed by atoms with van der Waals surface area (Å²) in [5, 5.41) is 29.1. The fourth-order valence-corrected chi connectivity index (χ4v) is 23.8. The number of aromatic nitrogens is 15. The third kappa shape index (κ3) is 21.6. The van der Waals surface area contributed by atoms with Gasteiger partial charge in [0.2, 0.25) is 25.0 Å². The molecule has 30 nitrogen and oxygen atoms in total. The number of halogens is 3. The number of hydrogen-bond donors (Lipinski definition) is 1. The first-order chi connectivity index (χ1) is 60.4. The van der Waals surface area contributed by atoms with Crippen molar-refractivity contribution in [3.63, 3.8) is 0 Å². The van der Waals surface area contributed by atoms with Gasteiger partial charge in [-0.05, 0) is 142 Å². The average Bonchev–Trinajstić information content (AvgIpc) is 1.74. The number of alkyl halides is 3. The maximum Gasteiger partial charge on any atom is 0.237 e. The highest BCUT2D eigenvalue weighted by Crippen LogP contribution is 2.43. The van der Waals surface area contributed by atoms with Gasteiger partial charge in [-0.25, -0.2) is 43.4 Å². The predicted octanol–water partition coefficient (Wildman–Crippen LogP) is 16.7. The van der Waals surface area contributed by atoms with Crippen molar-refractivity contribution in [2.75, 3.05) is 34.5 Å². The monoisotopic (exact) mass is 1810 g/mol. The zero-order chi connectivity index (χ0) is 92.0. The molecule has 5 atom stereocenters. The maximum atomic E-state index is 13.3. The van der Waals surface area contributed by atoms with Crippen LogP contribution >= 0.6 is 0 Å². The van der Waals surface area contributed by atoms with Crippen LogP contribution in [-0.4, -0.2) is 193 Å². The van der Waals surface area contributed by atoms with Gasteiger partial charge in [0, 0.05) is 181 Å². The van der Waals surface area contributed by atoms with E-state index in [-0.39, 0.29) is 113 Å². The topological polar surface area (TPSA) is 389 Å². The molecule has 0 spiro atoms. The molecule has 0 radical (unpaired) electrons. The molecular weight excluding hydrogens is 1710 g/mol. The quantitative estimate of drug-likeness (QED) is 0.0445. The first-order valence-corrected chi connectivity index (χ1v) is 48.4. The molecule has 3 unspecified atom stereocenters. The minimum absolute atomic E-state index is 0.00360. The minimum atomic E-state index is -3.03. The Morgan fingerprint density at radius 1 is 0.422 bits per heavy atom. The molecule has 0 amide bonds. The summed E-state index contributed by atoms with van der Waals surface area (Å²) in [6.45, 7) is 25.3. The van der Waals surface area contributed by atoms with E-state index in [9.17, 15) is 62.7 Å². The van der Waals surface area contributed by atoms with Gasteiger partial charge in [-0.1, -0.05) is 45.7 Å². The normalized spacial score (nSPS) is 18.7. The smallest absolute Gasteiger partial charge is 0.237 e. The maximum absolute atomic E-state index is 13.3. The van der Waals surface area contributed by atoms with Crippen LogP contribution in [0.5, 0.6) is 23.1 Å². The van der Waals surface area contributed by atoms with Crippen LogP contribution in [0.3, 0.4) is 0 Å². The second-order valence-electron chi connectivity index (χ2n) is 36.5. The van der Waals surface area contributed by atoms with Crippen LogP contribution < -0.4 is 18.9 Å². The number of aliphatic hydroxyl groups excluding tert-OH is 1. The fourth-order valence-electron chi connectivity index (χ4n) is 17.1. The van der Waals surface area contributed by atoms with Gasteiger partial charge in [-0.15, -0.1) is 0 Å². The van der Waals surface area contributed by atoms with Gasteiger partial charge in [0.25, 0.3) is 0 Å². The van der Waals surface area contributed by atoms with E-state index in [1.54, 1.807) is 70.4 Å². The molecule has 12 aromatic rings. The molecule has 3 saturated heterocycles. The number of carbonyl (C=O) groups excluding carboxylic acids is 4. The molecule has 0 bridgehead atoms. The van der Waals surface area contributed by atoms with Crippen molar-refractivity contribution in [2.45, 2.75) is 217 Å². The van der Waals surface area contributed by atoms with Crippen LogP contribution in [-0.2, 0) is 29.5 Å². The predicted molar refractivity (Wildman–Crippen MR) is 478 cm³/mol. The molecule has 2 saturated carbocycles. The SMILES string of the molecule is CC(C)n1nc(-c2cccc(OC3CC3)c2)c2ncc(C(=O)CC3(C)CS(=O)(=O)C3)cc21.CC(F)Oc1cc(-c2nn(C(C)C)c3cc(C(=O)CC4(C)CS(=O)(=O)C4)cnc23)ccn1.CC(F)Oc1ccnc(-c2nn(C(C)C)c3cc(C(=O)CC4(C)CS(=O)(=O)C4)cnc23)c1.CC(F)Oc1cncc(-c2nn(C(C)C)c3cc(C(=O)C[C@H]4CCCC[C@@H]4O)cnc23)c1. The number of rotatable bonds is 28. The second-order valence-corrected chi connectivity index (χ2v) is 42.7. The molecule has 5 aliphatic rings. The molecule has 14 heterocycles. The van der Waals surface area contributed by atoms with E-state index in [1.165, 1.54) is 51.8 Å². The lowest BCUT2D eigenvalue weighted by molar-refractivity contribution is 0.0583. The van der Waals surface area contributed by atoms with E-state index in [0.29, 0.717) is 108 Å². The highest BCUT2D eigenvalue weighted by Gasteiger charge is 2.48. The van der Waals surface area contributed by atoms with E-state index in [1.807, 2.05) is 122 Å². The number of ketones is 4. The van der Waals surface area contributed by atoms with Gasteiger partial charge in [-0.3, -0.25) is 67.8 Å². The Bertz CT molecular complexity index is 6100. The number of carbonyl (C=O) groups is 4. The summed E-state index contributed by atoms with van der Waals surface area (Å²) in [6.07, 6.45) is 14.4. The minimum Gasteiger partial charge on any atom is -0.490 e. The van der Waals surface area contributed by atoms with Gasteiger partial charge in [0.15, 0.2) is 52.6 Å². The van der Waals surface area contributed by atoms with Crippen LogP contribution in [0.4, 0.5) is 13.2 Å². The largest absolute Gasteiger partial charge is 0.490 e. The third-order valence-corrected chi connectivity index (χ3v) is 29.5. The van der Waals surface area contributed by atoms with Crippen molar-refractivity contribution < 1.29 is 81.7 Å². The highest BCUT2D eigenvalue weighted by atomic mass is 32.2. The number of Topliss-reactive ketones (excluding diaryl/α,β-unsaturated/α-hetero) is 4. The van der Waals surface area contributed by atoms with Crippen LogP contribution in [0.25, 0.3) is 89.3 Å². The van der Waals surface area contributed by atoms with Gasteiger partial charge >= 0.3 is 0 Å². The van der Waals surface area contributed by atoms with Gasteiger partial charge in [0.1, 0.15) is 62.1 Å². The summed E-state index contributed by atoms with van der Waals surface area (Å²) < 4.78 is 138. The van der Waals surface area contributed by atoms with Crippen LogP contribution in [0.15, 0.2) is 128 Å². The molecule has 11 aromatic heterocycles. The van der Waals surface area contributed by atoms with Crippen LogP contribution in [0.1, 0.15) is 227 Å². The Hall–Kier alpha value is -11.4. The van der Waals surface area contributed by atoms with Crippen molar-refractivity contribution in [3.8, 4) is 68.3 Å². The van der Waals surface area contributed by atoms with E-state index in [0.717, 1.165) is 72.1 Å². The standard InChI is InChI=1S/C24H29FN4O3.C24H27N3O4S.2C22H25FN4O4S/c1-14(2)29-20-9-17(22(31)10-16-6-4-5-7-21(16)30)12-27-24(20)23(28-29)18-8-19(13-26-11-18)32-15(3)25;1-15(2)27-20-10-17(21(28)11-24(3)13-32(29,30)14-24)12-25-23(20)22(26-27)16-5-4-6-19(9-16)31-18-7-8-18;1-13(2)27-18-7-15(19(28)9-22(4)11-32(29,30)12-22)10-25-21(18)20(26-27)17-8-16(5-6-24-17)31-14(3)23;1-13(2)27-17-7-16(18(28)9-22(4)11-32(29,30)12-22)10-25-21(17)20(26-27)15-5-6-24-19(8-15)31-14(3)23/h8-9,11-16,21,30H,4-7,10H2,1-3H3;4-6,9-10,12,15,18H,7-8,11,13-14H2,1-3H3;2*5-8,10,13-14H,9,11-12H2,1-4H3/t15?,16-,21+;;;/m1.../s1. The Kier molecular flexibility index (Phi) is 26.8. The molecular formula is C92H106F3N15O15S3. The van der Waals surface area contributed by atoms with E-state index < -0.39 is 70.9 Å². The molecule has 128 heavy (non-hydrogen) atoms. The summed E-state index contributed by atoms with van der Waals surface area (Å²) in [5.74, 6) is 1.43. The molecule has 5 fully saturated rings. The van der Waals surface area contributed by atoms with Crippen molar-refractivity contribution in [3.05, 3.63) is 151 Å². The van der Waals surface area contributed by atoms with Crippen LogP contribution in [0, 0.1) is 22.2 Å². The molecule has 17 rings (SSSR count). The summed E-state index contributed by atoms with van der Waals surface area (Å²) in [5.41, 5.74) is 10.8. The molecule has 678 valence electrons. The number of aliphatic hydroxyl groups is 1. The molecule has 36 heteroatoms. The lowest BCUT2D eigenvalue weighted by Gasteiger charge is -2.37. The Labute approximate surface area is 740 Å². The number of ether oxygens (including phenoxy) is 4. The number of hydrogen-bond acceptors (Lipinski definition) is 26. The number of sulfone groups is 3. The van der Waals surface area contributed by atoms with Crippen molar-refractivity contribution in [2.24, 2.45) is 22.2 Å².